The molecule has 0 saturated heterocycles. The summed E-state index contributed by atoms with van der Waals surface area (Å²) in [5, 5.41) is 3.14. The van der Waals surface area contributed by atoms with Crippen LogP contribution < -0.4 is 5.32 Å². The maximum Gasteiger partial charge on any atom is 0.0842 e. The Morgan fingerprint density at radius 1 is 1.64 bits per heavy atom. The first kappa shape index (κ1) is 11.0. The molecule has 11 heavy (non-hydrogen) atoms. The van der Waals surface area contributed by atoms with E-state index in [1.165, 1.54) is 0 Å². The van der Waals surface area contributed by atoms with Crippen LogP contribution in [0.2, 0.25) is 0 Å². The van der Waals surface area contributed by atoms with Crippen molar-refractivity contribution in [3.8, 4) is 0 Å². The second kappa shape index (κ2) is 6.72. The van der Waals surface area contributed by atoms with Gasteiger partial charge in [0.05, 0.1) is 18.0 Å². The second-order valence-electron chi connectivity index (χ2n) is 2.49. The molecule has 0 aliphatic heterocycles. The van der Waals surface area contributed by atoms with E-state index >= 15 is 0 Å². The minimum atomic E-state index is -2.36. The third kappa shape index (κ3) is 10.0. The topological polar surface area (TPSA) is 61.4 Å². The van der Waals surface area contributed by atoms with Gasteiger partial charge < -0.3 is 14.1 Å². The maximum absolute atomic E-state index is 9.85. The fourth-order valence-electron chi connectivity index (χ4n) is 0.590. The molecule has 0 amide bonds. The highest BCUT2D eigenvalue weighted by Crippen LogP contribution is 1.84. The molecule has 4 nitrogen and oxygen atoms in total. The van der Waals surface area contributed by atoms with Crippen LogP contribution in [0, 0.1) is 0 Å². The number of nitrogens with one attached hydrogen (secondary N) is 1. The van der Waals surface area contributed by atoms with Crippen LogP contribution in [0.15, 0.2) is 0 Å². The molecule has 1 N–H and O–H groups in total. The van der Waals surface area contributed by atoms with Gasteiger partial charge in [0.2, 0.25) is 0 Å². The zero-order valence-electron chi connectivity index (χ0n) is 6.83. The Morgan fingerprint density at radius 3 is 2.73 bits per heavy atom. The lowest BCUT2D eigenvalue weighted by Crippen LogP contribution is -2.24. The van der Waals surface area contributed by atoms with E-state index < -0.39 is 11.4 Å². The van der Waals surface area contributed by atoms with Gasteiger partial charge in [-0.25, -0.2) is 4.21 Å². The molecule has 0 spiro atoms. The van der Waals surface area contributed by atoms with Gasteiger partial charge in [-0.3, -0.25) is 0 Å². The van der Waals surface area contributed by atoms with Crippen LogP contribution in [0.5, 0.6) is 0 Å². The zero-order valence-corrected chi connectivity index (χ0v) is 7.65. The first-order valence-electron chi connectivity index (χ1n) is 3.59. The minimum Gasteiger partial charge on any atom is -0.750 e. The molecule has 0 fully saturated rings. The van der Waals surface area contributed by atoms with Crippen molar-refractivity contribution in [3.63, 3.8) is 0 Å². The van der Waals surface area contributed by atoms with Crippen LogP contribution in [-0.2, 0) is 15.5 Å². The highest BCUT2D eigenvalue weighted by atomic mass is 32.2. The Labute approximate surface area is 69.8 Å². The third-order valence-corrected chi connectivity index (χ3v) is 1.41. The van der Waals surface area contributed by atoms with Crippen molar-refractivity contribution in [2.24, 2.45) is 0 Å². The van der Waals surface area contributed by atoms with Crippen molar-refractivity contribution in [1.82, 2.24) is 5.32 Å². The Hall–Kier alpha value is 0.0300. The molecular formula is C6H14NO3S-. The van der Waals surface area contributed by atoms with Crippen molar-refractivity contribution in [3.05, 3.63) is 0 Å². The van der Waals surface area contributed by atoms with E-state index in [-0.39, 0.29) is 6.61 Å². The van der Waals surface area contributed by atoms with E-state index in [9.17, 15) is 8.76 Å². The van der Waals surface area contributed by atoms with Crippen molar-refractivity contribution in [2.75, 3.05) is 13.2 Å². The molecule has 1 atom stereocenters. The van der Waals surface area contributed by atoms with Crippen LogP contribution in [0.25, 0.3) is 0 Å². The smallest absolute Gasteiger partial charge is 0.0842 e. The van der Waals surface area contributed by atoms with Crippen LogP contribution in [0.3, 0.4) is 0 Å². The van der Waals surface area contributed by atoms with Gasteiger partial charge >= 0.3 is 0 Å². The highest BCUT2D eigenvalue weighted by molar-refractivity contribution is 7.74. The molecule has 1 unspecified atom stereocenters. The average molecular weight is 180 g/mol. The molecule has 0 aromatic heterocycles. The van der Waals surface area contributed by atoms with Gasteiger partial charge in [-0.2, -0.15) is 0 Å². The largest absolute Gasteiger partial charge is 0.750 e. The summed E-state index contributed by atoms with van der Waals surface area (Å²) in [6.45, 7) is 5.11. The zero-order chi connectivity index (χ0) is 8.69. The summed E-state index contributed by atoms with van der Waals surface area (Å²) in [7, 11) is 0. The molecule has 0 aliphatic rings. The highest BCUT2D eigenvalue weighted by Gasteiger charge is 1.91. The van der Waals surface area contributed by atoms with E-state index in [1.807, 2.05) is 13.8 Å². The van der Waals surface area contributed by atoms with Crippen molar-refractivity contribution in [2.45, 2.75) is 26.3 Å². The molecule has 68 valence electrons. The molecule has 0 heterocycles. The number of hydrogen-bond acceptors (Lipinski definition) is 4. The fourth-order valence-corrected chi connectivity index (χ4v) is 0.844. The minimum absolute atomic E-state index is 0.260. The van der Waals surface area contributed by atoms with E-state index in [1.54, 1.807) is 0 Å². The van der Waals surface area contributed by atoms with Crippen LogP contribution >= 0.6 is 0 Å². The Morgan fingerprint density at radius 2 is 2.27 bits per heavy atom. The summed E-state index contributed by atoms with van der Waals surface area (Å²) < 4.78 is 24.0. The van der Waals surface area contributed by atoms with Gasteiger partial charge in [-0.15, -0.1) is 0 Å². The average Bonchev–Trinajstić information content (AvgIpc) is 1.85. The Bertz CT molecular complexity index is 118. The first-order chi connectivity index (χ1) is 5.13. The van der Waals surface area contributed by atoms with E-state index in [0.717, 1.165) is 6.54 Å². The normalized spacial score (nSPS) is 13.8. The molecule has 0 rings (SSSR count). The first-order valence-corrected chi connectivity index (χ1v) is 4.59. The van der Waals surface area contributed by atoms with Crippen LogP contribution in [0.4, 0.5) is 0 Å². The van der Waals surface area contributed by atoms with Gasteiger partial charge in [0.15, 0.2) is 0 Å². The molecular weight excluding hydrogens is 166 g/mol. The third-order valence-electron chi connectivity index (χ3n) is 1.05. The molecule has 0 aliphatic carbocycles. The summed E-state index contributed by atoms with van der Waals surface area (Å²) in [6.07, 6.45) is 0.714. The SMILES string of the molecule is CC(C)NCCCOS(=O)[O-]. The van der Waals surface area contributed by atoms with Gasteiger partial charge in [0.25, 0.3) is 0 Å². The van der Waals surface area contributed by atoms with Gasteiger partial charge in [0.1, 0.15) is 0 Å². The van der Waals surface area contributed by atoms with Crippen LogP contribution in [-0.4, -0.2) is 28.0 Å². The summed E-state index contributed by atoms with van der Waals surface area (Å²) in [4.78, 5) is 0. The van der Waals surface area contributed by atoms with Crippen molar-refractivity contribution < 1.29 is 12.9 Å². The standard InChI is InChI=1S/C6H15NO3S/c1-6(2)7-4-3-5-10-11(8)9/h6-7H,3-5H2,1-2H3,(H,8,9)/p-1. The monoisotopic (exact) mass is 180 g/mol. The lowest BCUT2D eigenvalue weighted by Gasteiger charge is -2.08. The van der Waals surface area contributed by atoms with Crippen molar-refractivity contribution >= 4 is 11.4 Å². The van der Waals surface area contributed by atoms with Gasteiger partial charge in [-0.1, -0.05) is 13.8 Å². The lowest BCUT2D eigenvalue weighted by molar-refractivity contribution is 0.292. The Kier molecular flexibility index (Phi) is 6.74. The molecule has 0 aromatic carbocycles. The summed E-state index contributed by atoms with van der Waals surface area (Å²) in [5.41, 5.74) is 0. The lowest BCUT2D eigenvalue weighted by atomic mass is 10.3. The van der Waals surface area contributed by atoms with Gasteiger partial charge in [0, 0.05) is 6.04 Å². The summed E-state index contributed by atoms with van der Waals surface area (Å²) in [5.74, 6) is 0. The Balaban J connectivity index is 2.97. The van der Waals surface area contributed by atoms with E-state index in [0.29, 0.717) is 12.5 Å². The van der Waals surface area contributed by atoms with Crippen LogP contribution in [0.1, 0.15) is 20.3 Å². The molecule has 0 bridgehead atoms. The number of hydrogen-bond donors (Lipinski definition) is 1. The molecule has 5 heteroatoms. The quantitative estimate of drug-likeness (QED) is 0.468. The van der Waals surface area contributed by atoms with E-state index in [4.69, 9.17) is 0 Å². The predicted octanol–water partition coefficient (Wildman–Crippen LogP) is 0.185. The van der Waals surface area contributed by atoms with E-state index in [2.05, 4.69) is 9.50 Å². The molecule has 0 aromatic rings. The van der Waals surface area contributed by atoms with Gasteiger partial charge in [-0.05, 0) is 13.0 Å². The summed E-state index contributed by atoms with van der Waals surface area (Å²) in [6, 6.07) is 0.438. The van der Waals surface area contributed by atoms with Crippen molar-refractivity contribution in [1.29, 1.82) is 0 Å². The molecule has 0 radical (unpaired) electrons. The number of rotatable bonds is 6. The summed E-state index contributed by atoms with van der Waals surface area (Å²) >= 11 is -2.36. The predicted molar refractivity (Wildman–Crippen MR) is 42.6 cm³/mol. The fraction of sp³-hybridized carbons (Fsp3) is 1.00. The molecule has 0 saturated carbocycles. The second-order valence-corrected chi connectivity index (χ2v) is 3.13. The maximum atomic E-state index is 9.85.